The number of nitrogens with one attached hydrogen (secondary N) is 1. The number of hydrogen-bond donors (Lipinski definition) is 2. The van der Waals surface area contributed by atoms with Gasteiger partial charge in [-0.15, -0.1) is 0 Å². The summed E-state index contributed by atoms with van der Waals surface area (Å²) in [6.45, 7) is 4.49. The van der Waals surface area contributed by atoms with Crippen LogP contribution in [-0.4, -0.2) is 17.5 Å². The molecule has 0 saturated heterocycles. The minimum atomic E-state index is -0.232. The van der Waals surface area contributed by atoms with Gasteiger partial charge in [0.2, 0.25) is 5.91 Å². The molecule has 1 amide bonds. The molecule has 1 aromatic carbocycles. The molecule has 2 rings (SSSR count). The van der Waals surface area contributed by atoms with Gasteiger partial charge in [-0.25, -0.2) is 4.98 Å². The fourth-order valence-electron chi connectivity index (χ4n) is 2.01. The number of amides is 1. The quantitative estimate of drug-likeness (QED) is 0.801. The molecule has 23 heavy (non-hydrogen) atoms. The minimum absolute atomic E-state index is 0.232. The van der Waals surface area contributed by atoms with E-state index in [9.17, 15) is 4.79 Å². The Bertz CT molecular complexity index is 711. The molecule has 1 aromatic heterocycles. The molecule has 0 fully saturated rings. The molecule has 5 nitrogen and oxygen atoms in total. The van der Waals surface area contributed by atoms with E-state index in [0.717, 1.165) is 17.7 Å². The van der Waals surface area contributed by atoms with Gasteiger partial charge < -0.3 is 15.8 Å². The second-order valence-electron chi connectivity index (χ2n) is 5.08. The molecule has 5 heteroatoms. The second kappa shape index (κ2) is 7.98. The Morgan fingerprint density at radius 3 is 2.83 bits per heavy atom. The summed E-state index contributed by atoms with van der Waals surface area (Å²) in [7, 11) is 0. The fourth-order valence-corrected chi connectivity index (χ4v) is 2.01. The number of hydrogen-bond acceptors (Lipinski definition) is 4. The van der Waals surface area contributed by atoms with E-state index in [0.29, 0.717) is 23.8 Å². The van der Waals surface area contributed by atoms with Crippen molar-refractivity contribution < 1.29 is 9.53 Å². The number of nitrogens with two attached hydrogens (primary N) is 1. The summed E-state index contributed by atoms with van der Waals surface area (Å²) in [5.41, 5.74) is 7.78. The Balaban J connectivity index is 2.06. The van der Waals surface area contributed by atoms with Gasteiger partial charge in [0.25, 0.3) is 0 Å². The van der Waals surface area contributed by atoms with Crippen LogP contribution in [0.15, 0.2) is 42.5 Å². The van der Waals surface area contributed by atoms with Crippen molar-refractivity contribution >= 4 is 23.5 Å². The maximum Gasteiger partial charge on any atom is 0.248 e. The molecule has 0 saturated carbocycles. The number of carbonyl (C=O) groups is 1. The third-order valence-electron chi connectivity index (χ3n) is 3.16. The molecule has 0 spiro atoms. The molecule has 0 aliphatic carbocycles. The van der Waals surface area contributed by atoms with Crippen molar-refractivity contribution in [2.75, 3.05) is 17.7 Å². The number of ether oxygens (including phenoxy) is 1. The maximum atomic E-state index is 12.1. The van der Waals surface area contributed by atoms with E-state index in [1.807, 2.05) is 24.3 Å². The van der Waals surface area contributed by atoms with Crippen LogP contribution >= 0.6 is 0 Å². The number of aromatic nitrogens is 1. The number of aryl methyl sites for hydroxylation is 1. The first-order valence-electron chi connectivity index (χ1n) is 7.54. The van der Waals surface area contributed by atoms with E-state index in [1.54, 1.807) is 25.1 Å². The minimum Gasteiger partial charge on any atom is -0.493 e. The van der Waals surface area contributed by atoms with Crippen molar-refractivity contribution in [2.45, 2.75) is 20.3 Å². The van der Waals surface area contributed by atoms with E-state index in [4.69, 9.17) is 10.5 Å². The first-order valence-corrected chi connectivity index (χ1v) is 7.54. The largest absolute Gasteiger partial charge is 0.493 e. The Morgan fingerprint density at radius 1 is 1.30 bits per heavy atom. The molecule has 120 valence electrons. The molecule has 0 unspecified atom stereocenters. The van der Waals surface area contributed by atoms with Crippen molar-refractivity contribution in [3.05, 3.63) is 53.7 Å². The first-order chi connectivity index (χ1) is 11.1. The smallest absolute Gasteiger partial charge is 0.248 e. The van der Waals surface area contributed by atoms with Crippen LogP contribution < -0.4 is 15.8 Å². The van der Waals surface area contributed by atoms with Crippen LogP contribution in [0.2, 0.25) is 0 Å². The predicted molar refractivity (Wildman–Crippen MR) is 93.3 cm³/mol. The highest BCUT2D eigenvalue weighted by molar-refractivity contribution is 6.02. The van der Waals surface area contributed by atoms with Crippen molar-refractivity contribution in [2.24, 2.45) is 0 Å². The lowest BCUT2D eigenvalue weighted by Crippen LogP contribution is -2.10. The van der Waals surface area contributed by atoms with Gasteiger partial charge in [0, 0.05) is 11.6 Å². The highest BCUT2D eigenvalue weighted by atomic mass is 16.5. The SMILES string of the molecule is CCCOc1ccccc1/C=C/C(=O)Nc1ccc(N)nc1C. The number of para-hydroxylation sites is 1. The van der Waals surface area contributed by atoms with E-state index in [2.05, 4.69) is 17.2 Å². The molecule has 0 aliphatic heterocycles. The average Bonchev–Trinajstić information content (AvgIpc) is 2.54. The number of rotatable bonds is 6. The van der Waals surface area contributed by atoms with Crippen LogP contribution in [-0.2, 0) is 4.79 Å². The molecule has 0 bridgehead atoms. The zero-order valence-corrected chi connectivity index (χ0v) is 13.4. The third kappa shape index (κ3) is 4.85. The van der Waals surface area contributed by atoms with Crippen molar-refractivity contribution in [3.8, 4) is 5.75 Å². The molecule has 0 radical (unpaired) electrons. The molecular formula is C18H21N3O2. The van der Waals surface area contributed by atoms with Gasteiger partial charge in [0.15, 0.2) is 0 Å². The second-order valence-corrected chi connectivity index (χ2v) is 5.08. The summed E-state index contributed by atoms with van der Waals surface area (Å²) >= 11 is 0. The number of nitrogens with zero attached hydrogens (tertiary/aromatic N) is 1. The van der Waals surface area contributed by atoms with Gasteiger partial charge in [-0.05, 0) is 37.6 Å². The van der Waals surface area contributed by atoms with Crippen molar-refractivity contribution in [1.82, 2.24) is 4.98 Å². The highest BCUT2D eigenvalue weighted by Gasteiger charge is 2.04. The van der Waals surface area contributed by atoms with E-state index < -0.39 is 0 Å². The Kier molecular flexibility index (Phi) is 5.74. The number of pyridine rings is 1. The molecule has 3 N–H and O–H groups in total. The number of benzene rings is 1. The third-order valence-corrected chi connectivity index (χ3v) is 3.16. The zero-order valence-electron chi connectivity index (χ0n) is 13.4. The van der Waals surface area contributed by atoms with Crippen LogP contribution in [0, 0.1) is 6.92 Å². The number of nitrogen functional groups attached to an aromatic ring is 1. The number of carbonyl (C=O) groups excluding carboxylic acids is 1. The lowest BCUT2D eigenvalue weighted by molar-refractivity contribution is -0.111. The fraction of sp³-hybridized carbons (Fsp3) is 0.222. The Labute approximate surface area is 136 Å². The van der Waals surface area contributed by atoms with E-state index in [-0.39, 0.29) is 5.91 Å². The lowest BCUT2D eigenvalue weighted by atomic mass is 10.2. The van der Waals surface area contributed by atoms with Gasteiger partial charge >= 0.3 is 0 Å². The van der Waals surface area contributed by atoms with Gasteiger partial charge in [0.1, 0.15) is 11.6 Å². The molecule has 0 atom stereocenters. The predicted octanol–water partition coefficient (Wildman–Crippen LogP) is 3.41. The van der Waals surface area contributed by atoms with Crippen LogP contribution in [0.4, 0.5) is 11.5 Å². The summed E-state index contributed by atoms with van der Waals surface area (Å²) < 4.78 is 5.66. The summed E-state index contributed by atoms with van der Waals surface area (Å²) in [6, 6.07) is 11.0. The highest BCUT2D eigenvalue weighted by Crippen LogP contribution is 2.20. The molecule has 0 aliphatic rings. The maximum absolute atomic E-state index is 12.1. The van der Waals surface area contributed by atoms with Gasteiger partial charge in [-0.2, -0.15) is 0 Å². The molecule has 2 aromatic rings. The first kappa shape index (κ1) is 16.5. The zero-order chi connectivity index (χ0) is 16.7. The van der Waals surface area contributed by atoms with Crippen molar-refractivity contribution in [1.29, 1.82) is 0 Å². The molecule has 1 heterocycles. The van der Waals surface area contributed by atoms with Crippen LogP contribution in [0.1, 0.15) is 24.6 Å². The van der Waals surface area contributed by atoms with Gasteiger partial charge in [0.05, 0.1) is 18.0 Å². The van der Waals surface area contributed by atoms with Crippen LogP contribution in [0.5, 0.6) is 5.75 Å². The van der Waals surface area contributed by atoms with Crippen LogP contribution in [0.3, 0.4) is 0 Å². The summed E-state index contributed by atoms with van der Waals surface area (Å²) in [6.07, 6.45) is 4.15. The van der Waals surface area contributed by atoms with E-state index in [1.165, 1.54) is 6.08 Å². The molecular weight excluding hydrogens is 290 g/mol. The number of anilines is 2. The van der Waals surface area contributed by atoms with Gasteiger partial charge in [-0.3, -0.25) is 4.79 Å². The standard InChI is InChI=1S/C18H21N3O2/c1-3-12-23-16-7-5-4-6-14(16)8-11-18(22)21-15-9-10-17(19)20-13(15)2/h4-11H,3,12H2,1-2H3,(H2,19,20)(H,21,22)/b11-8+. The van der Waals surface area contributed by atoms with E-state index >= 15 is 0 Å². The lowest BCUT2D eigenvalue weighted by Gasteiger charge is -2.08. The summed E-state index contributed by atoms with van der Waals surface area (Å²) in [5.74, 6) is 0.965. The van der Waals surface area contributed by atoms with Gasteiger partial charge in [-0.1, -0.05) is 25.1 Å². The topological polar surface area (TPSA) is 77.2 Å². The Morgan fingerprint density at radius 2 is 2.09 bits per heavy atom. The summed E-state index contributed by atoms with van der Waals surface area (Å²) in [4.78, 5) is 16.2. The van der Waals surface area contributed by atoms with Crippen molar-refractivity contribution in [3.63, 3.8) is 0 Å². The Hall–Kier alpha value is -2.82. The average molecular weight is 311 g/mol. The van der Waals surface area contributed by atoms with Crippen LogP contribution in [0.25, 0.3) is 6.08 Å². The summed E-state index contributed by atoms with van der Waals surface area (Å²) in [5, 5.41) is 2.79. The normalized spacial score (nSPS) is 10.7. The monoisotopic (exact) mass is 311 g/mol.